The molecule has 3 rings (SSSR count). The zero-order chi connectivity index (χ0) is 18.1. The van der Waals surface area contributed by atoms with Gasteiger partial charge < -0.3 is 9.64 Å². The Labute approximate surface area is 149 Å². The van der Waals surface area contributed by atoms with Gasteiger partial charge in [-0.3, -0.25) is 4.90 Å². The van der Waals surface area contributed by atoms with Crippen molar-refractivity contribution in [1.82, 2.24) is 9.80 Å². The first-order chi connectivity index (χ1) is 11.8. The Kier molecular flexibility index (Phi) is 5.05. The molecule has 0 saturated carbocycles. The van der Waals surface area contributed by atoms with E-state index in [1.54, 1.807) is 4.90 Å². The third kappa shape index (κ3) is 4.32. The molecule has 1 aromatic carbocycles. The van der Waals surface area contributed by atoms with Crippen molar-refractivity contribution in [3.63, 3.8) is 0 Å². The lowest BCUT2D eigenvalue weighted by atomic mass is 9.84. The van der Waals surface area contributed by atoms with E-state index < -0.39 is 11.8 Å². The summed E-state index contributed by atoms with van der Waals surface area (Å²) >= 11 is 0. The topological polar surface area (TPSA) is 32.8 Å². The Morgan fingerprint density at radius 3 is 2.48 bits per heavy atom. The van der Waals surface area contributed by atoms with Crippen molar-refractivity contribution in [2.24, 2.45) is 0 Å². The van der Waals surface area contributed by atoms with Gasteiger partial charge in [0, 0.05) is 31.7 Å². The molecule has 2 heterocycles. The number of rotatable bonds is 2. The Hall–Kier alpha value is -1.62. The van der Waals surface area contributed by atoms with Gasteiger partial charge in [-0.15, -0.1) is 0 Å². The molecular formula is C20H29FN2O2. The van der Waals surface area contributed by atoms with Crippen molar-refractivity contribution >= 4 is 6.09 Å². The standard InChI is InChI=1S/C20H29FN2O2/c1-19(2,3)25-18(24)22-11-9-20(10-12-22)13-17(21)15-23(20)14-16-7-5-4-6-8-16/h4-8,17H,9-15H2,1-3H3. The molecule has 5 heteroatoms. The number of benzene rings is 1. The van der Waals surface area contributed by atoms with E-state index in [1.807, 2.05) is 39.0 Å². The quantitative estimate of drug-likeness (QED) is 0.810. The van der Waals surface area contributed by atoms with E-state index in [1.165, 1.54) is 5.56 Å². The van der Waals surface area contributed by atoms with Gasteiger partial charge in [-0.2, -0.15) is 0 Å². The predicted octanol–water partition coefficient (Wildman–Crippen LogP) is 4.00. The van der Waals surface area contributed by atoms with E-state index in [0.29, 0.717) is 26.1 Å². The van der Waals surface area contributed by atoms with Crippen molar-refractivity contribution in [3.8, 4) is 0 Å². The molecule has 2 fully saturated rings. The van der Waals surface area contributed by atoms with E-state index in [-0.39, 0.29) is 11.6 Å². The van der Waals surface area contributed by atoms with Crippen molar-refractivity contribution in [2.75, 3.05) is 19.6 Å². The minimum absolute atomic E-state index is 0.131. The highest BCUT2D eigenvalue weighted by Crippen LogP contribution is 2.40. The maximum atomic E-state index is 14.2. The Bertz CT molecular complexity index is 591. The summed E-state index contributed by atoms with van der Waals surface area (Å²) in [6, 6.07) is 10.2. The lowest BCUT2D eigenvalue weighted by Gasteiger charge is -2.45. The van der Waals surface area contributed by atoms with Crippen molar-refractivity contribution in [1.29, 1.82) is 0 Å². The van der Waals surface area contributed by atoms with Gasteiger partial charge in [0.15, 0.2) is 0 Å². The van der Waals surface area contributed by atoms with Crippen LogP contribution in [-0.4, -0.2) is 52.8 Å². The summed E-state index contributed by atoms with van der Waals surface area (Å²) in [6.07, 6.45) is 1.14. The maximum absolute atomic E-state index is 14.2. The monoisotopic (exact) mass is 348 g/mol. The van der Waals surface area contributed by atoms with Crippen LogP contribution in [0.25, 0.3) is 0 Å². The highest BCUT2D eigenvalue weighted by Gasteiger charge is 2.48. The van der Waals surface area contributed by atoms with Gasteiger partial charge in [0.1, 0.15) is 11.8 Å². The molecule has 0 aliphatic carbocycles. The van der Waals surface area contributed by atoms with Gasteiger partial charge >= 0.3 is 6.09 Å². The van der Waals surface area contributed by atoms with Crippen LogP contribution >= 0.6 is 0 Å². The van der Waals surface area contributed by atoms with Gasteiger partial charge in [0.25, 0.3) is 0 Å². The molecule has 0 bridgehead atoms. The molecule has 2 aliphatic heterocycles. The molecule has 1 amide bonds. The summed E-state index contributed by atoms with van der Waals surface area (Å²) in [5.41, 5.74) is 0.599. The first-order valence-corrected chi connectivity index (χ1v) is 9.18. The lowest BCUT2D eigenvalue weighted by molar-refractivity contribution is 0.00162. The number of hydrogen-bond donors (Lipinski definition) is 0. The SMILES string of the molecule is CC(C)(C)OC(=O)N1CCC2(CC1)CC(F)CN2Cc1ccccc1. The molecule has 25 heavy (non-hydrogen) atoms. The molecule has 4 nitrogen and oxygen atoms in total. The summed E-state index contributed by atoms with van der Waals surface area (Å²) in [6.45, 7) is 8.16. The first kappa shape index (κ1) is 18.2. The molecule has 2 aliphatic rings. The van der Waals surface area contributed by atoms with Crippen LogP contribution in [0.4, 0.5) is 9.18 Å². The first-order valence-electron chi connectivity index (χ1n) is 9.18. The van der Waals surface area contributed by atoms with Crippen LogP contribution in [0.5, 0.6) is 0 Å². The minimum Gasteiger partial charge on any atom is -0.444 e. The van der Waals surface area contributed by atoms with Gasteiger partial charge in [0.05, 0.1) is 0 Å². The predicted molar refractivity (Wildman–Crippen MR) is 96.1 cm³/mol. The van der Waals surface area contributed by atoms with E-state index >= 15 is 0 Å². The smallest absolute Gasteiger partial charge is 0.410 e. The zero-order valence-electron chi connectivity index (χ0n) is 15.5. The third-order valence-electron chi connectivity index (χ3n) is 5.25. The highest BCUT2D eigenvalue weighted by atomic mass is 19.1. The maximum Gasteiger partial charge on any atom is 0.410 e. The van der Waals surface area contributed by atoms with Crippen LogP contribution in [0.15, 0.2) is 30.3 Å². The number of halogens is 1. The van der Waals surface area contributed by atoms with Crippen molar-refractivity contribution in [3.05, 3.63) is 35.9 Å². The summed E-state index contributed by atoms with van der Waals surface area (Å²) < 4.78 is 19.7. The van der Waals surface area contributed by atoms with Crippen LogP contribution in [0, 0.1) is 0 Å². The molecule has 138 valence electrons. The minimum atomic E-state index is -0.781. The fourth-order valence-electron chi connectivity index (χ4n) is 4.03. The molecule has 1 unspecified atom stereocenters. The number of carbonyl (C=O) groups excluding carboxylic acids is 1. The second kappa shape index (κ2) is 6.94. The van der Waals surface area contributed by atoms with Crippen LogP contribution in [0.2, 0.25) is 0 Å². The third-order valence-corrected chi connectivity index (χ3v) is 5.25. The van der Waals surface area contributed by atoms with Crippen LogP contribution in [-0.2, 0) is 11.3 Å². The summed E-state index contributed by atoms with van der Waals surface area (Å²) in [7, 11) is 0. The average molecular weight is 348 g/mol. The number of amides is 1. The van der Waals surface area contributed by atoms with Gasteiger partial charge in [-0.05, 0) is 45.6 Å². The Morgan fingerprint density at radius 2 is 1.88 bits per heavy atom. The largest absolute Gasteiger partial charge is 0.444 e. The van der Waals surface area contributed by atoms with Gasteiger partial charge in [-0.1, -0.05) is 30.3 Å². The molecular weight excluding hydrogens is 319 g/mol. The Morgan fingerprint density at radius 1 is 1.24 bits per heavy atom. The van der Waals surface area contributed by atoms with Crippen molar-refractivity contribution in [2.45, 2.75) is 63.9 Å². The van der Waals surface area contributed by atoms with E-state index in [4.69, 9.17) is 4.74 Å². The molecule has 0 aromatic heterocycles. The molecule has 1 spiro atoms. The van der Waals surface area contributed by atoms with Gasteiger partial charge in [0.2, 0.25) is 0 Å². The number of piperidine rings is 1. The molecule has 1 aromatic rings. The number of alkyl halides is 1. The zero-order valence-corrected chi connectivity index (χ0v) is 15.5. The summed E-state index contributed by atoms with van der Waals surface area (Å²) in [4.78, 5) is 16.3. The normalized spacial score (nSPS) is 23.8. The molecule has 0 radical (unpaired) electrons. The van der Waals surface area contributed by atoms with Crippen molar-refractivity contribution < 1.29 is 13.9 Å². The van der Waals surface area contributed by atoms with Gasteiger partial charge in [-0.25, -0.2) is 9.18 Å². The molecule has 0 N–H and O–H groups in total. The fraction of sp³-hybridized carbons (Fsp3) is 0.650. The number of carbonyl (C=O) groups is 1. The number of ether oxygens (including phenoxy) is 1. The van der Waals surface area contributed by atoms with Crippen LogP contribution < -0.4 is 0 Å². The molecule has 2 saturated heterocycles. The molecule has 1 atom stereocenters. The fourth-order valence-corrected chi connectivity index (χ4v) is 4.03. The lowest BCUT2D eigenvalue weighted by Crippen LogP contribution is -2.53. The van der Waals surface area contributed by atoms with Crippen LogP contribution in [0.1, 0.15) is 45.6 Å². The second-order valence-electron chi connectivity index (χ2n) is 8.36. The number of likely N-dealkylation sites (tertiary alicyclic amines) is 2. The number of hydrogen-bond acceptors (Lipinski definition) is 3. The van der Waals surface area contributed by atoms with E-state index in [2.05, 4.69) is 17.0 Å². The van der Waals surface area contributed by atoms with E-state index in [9.17, 15) is 9.18 Å². The van der Waals surface area contributed by atoms with E-state index in [0.717, 1.165) is 19.4 Å². The highest BCUT2D eigenvalue weighted by molar-refractivity contribution is 5.68. The summed E-state index contributed by atoms with van der Waals surface area (Å²) in [5.74, 6) is 0. The average Bonchev–Trinajstić information content (AvgIpc) is 2.82. The van der Waals surface area contributed by atoms with Crippen LogP contribution in [0.3, 0.4) is 0 Å². The Balaban J connectivity index is 1.64. The summed E-state index contributed by atoms with van der Waals surface area (Å²) in [5, 5.41) is 0. The second-order valence-corrected chi connectivity index (χ2v) is 8.36. The number of nitrogens with zero attached hydrogens (tertiary/aromatic N) is 2.